The van der Waals surface area contributed by atoms with Gasteiger partial charge in [-0.05, 0) is 31.2 Å². The zero-order chi connectivity index (χ0) is 23.3. The van der Waals surface area contributed by atoms with Crippen LogP contribution in [0.5, 0.6) is 5.88 Å². The van der Waals surface area contributed by atoms with Crippen LogP contribution in [0.3, 0.4) is 0 Å². The molecule has 0 saturated heterocycles. The van der Waals surface area contributed by atoms with E-state index in [-0.39, 0.29) is 29.4 Å². The molecule has 0 aliphatic carbocycles. The topological polar surface area (TPSA) is 125 Å². The van der Waals surface area contributed by atoms with Crippen LogP contribution in [0.2, 0.25) is 0 Å². The van der Waals surface area contributed by atoms with Crippen LogP contribution in [-0.4, -0.2) is 24.3 Å². The van der Waals surface area contributed by atoms with Crippen molar-refractivity contribution in [3.63, 3.8) is 0 Å². The van der Waals surface area contributed by atoms with E-state index in [1.807, 2.05) is 0 Å². The van der Waals surface area contributed by atoms with E-state index in [1.54, 1.807) is 26.1 Å². The number of halogens is 1. The number of rotatable bonds is 0. The first-order valence-electron chi connectivity index (χ1n) is 10.1. The van der Waals surface area contributed by atoms with E-state index in [1.165, 1.54) is 39.7 Å². The van der Waals surface area contributed by atoms with Crippen LogP contribution >= 0.6 is 0 Å². The quantitative estimate of drug-likeness (QED) is 0.443. The van der Waals surface area contributed by atoms with Gasteiger partial charge in [-0.2, -0.15) is 10.4 Å². The van der Waals surface area contributed by atoms with Crippen LogP contribution < -0.4 is 16.0 Å². The predicted molar refractivity (Wildman–Crippen MR) is 117 cm³/mol. The molecule has 1 unspecified atom stereocenters. The Kier molecular flexibility index (Phi) is 4.67. The van der Waals surface area contributed by atoms with Crippen LogP contribution in [0, 0.1) is 17.1 Å². The van der Waals surface area contributed by atoms with E-state index >= 15 is 0 Å². The van der Waals surface area contributed by atoms with Gasteiger partial charge in [-0.3, -0.25) is 14.0 Å². The van der Waals surface area contributed by atoms with Crippen molar-refractivity contribution in [2.45, 2.75) is 19.4 Å². The summed E-state index contributed by atoms with van der Waals surface area (Å²) in [6, 6.07) is 11.2. The first kappa shape index (κ1) is 20.4. The fourth-order valence-electron chi connectivity index (χ4n) is 4.09. The summed E-state index contributed by atoms with van der Waals surface area (Å²) in [6.45, 7) is 1.71. The van der Waals surface area contributed by atoms with Crippen molar-refractivity contribution < 1.29 is 9.13 Å². The largest absolute Gasteiger partial charge is 0.467 e. The van der Waals surface area contributed by atoms with Gasteiger partial charge in [0.1, 0.15) is 23.7 Å². The highest BCUT2D eigenvalue weighted by Crippen LogP contribution is 2.34. The summed E-state index contributed by atoms with van der Waals surface area (Å²) in [5, 5.41) is 14.3. The third-order valence-corrected chi connectivity index (χ3v) is 5.59. The van der Waals surface area contributed by atoms with Crippen molar-refractivity contribution in [1.82, 2.24) is 24.3 Å². The Balaban J connectivity index is 1.88. The van der Waals surface area contributed by atoms with Crippen molar-refractivity contribution in [3.8, 4) is 28.9 Å². The van der Waals surface area contributed by atoms with Crippen molar-refractivity contribution in [2.24, 2.45) is 7.05 Å². The molecule has 3 aromatic heterocycles. The van der Waals surface area contributed by atoms with E-state index in [2.05, 4.69) is 21.1 Å². The van der Waals surface area contributed by atoms with Crippen molar-refractivity contribution in [2.75, 3.05) is 5.73 Å². The molecule has 0 fully saturated rings. The first-order chi connectivity index (χ1) is 15.9. The number of aryl methyl sites for hydroxylation is 1. The second-order valence-corrected chi connectivity index (χ2v) is 7.68. The highest BCUT2D eigenvalue weighted by molar-refractivity contribution is 5.70. The summed E-state index contributed by atoms with van der Waals surface area (Å²) < 4.78 is 23.2. The first-order valence-corrected chi connectivity index (χ1v) is 10.1. The van der Waals surface area contributed by atoms with Gasteiger partial charge in [0.15, 0.2) is 5.82 Å². The molecular formula is C23H18FN7O2. The van der Waals surface area contributed by atoms with E-state index in [0.29, 0.717) is 33.9 Å². The molecule has 4 aromatic rings. The molecule has 2 N–H and O–H groups in total. The molecule has 0 spiro atoms. The maximum Gasteiger partial charge on any atom is 0.258 e. The Labute approximate surface area is 187 Å². The average molecular weight is 443 g/mol. The fourth-order valence-corrected chi connectivity index (χ4v) is 4.09. The zero-order valence-electron chi connectivity index (χ0n) is 17.8. The smallest absolute Gasteiger partial charge is 0.258 e. The van der Waals surface area contributed by atoms with Gasteiger partial charge in [-0.1, -0.05) is 6.07 Å². The molecule has 5 rings (SSSR count). The summed E-state index contributed by atoms with van der Waals surface area (Å²) in [6.07, 6.45) is 0.950. The lowest BCUT2D eigenvalue weighted by Crippen LogP contribution is -2.24. The lowest BCUT2D eigenvalue weighted by atomic mass is 10.0. The van der Waals surface area contributed by atoms with Crippen molar-refractivity contribution >= 4 is 5.82 Å². The van der Waals surface area contributed by atoms with E-state index in [0.717, 1.165) is 0 Å². The van der Waals surface area contributed by atoms with E-state index in [9.17, 15) is 14.4 Å². The van der Waals surface area contributed by atoms with Gasteiger partial charge in [0.2, 0.25) is 0 Å². The second-order valence-electron chi connectivity index (χ2n) is 7.68. The van der Waals surface area contributed by atoms with Gasteiger partial charge in [-0.25, -0.2) is 14.4 Å². The number of nitrogen functional groups attached to an aromatic ring is 1. The number of benzene rings is 1. The SMILES string of the molecule is CC1Oc2nc(cnc2N)-c2c(nn(C)c2C#N)Cc2cccc(=O)n2-c2ccc(F)cc21. The maximum atomic E-state index is 14.2. The minimum Gasteiger partial charge on any atom is -0.467 e. The minimum absolute atomic E-state index is 0.0371. The number of nitriles is 1. The number of aromatic nitrogens is 5. The predicted octanol–water partition coefficient (Wildman–Crippen LogP) is 2.67. The molecule has 0 saturated carbocycles. The molecule has 2 bridgehead atoms. The zero-order valence-corrected chi connectivity index (χ0v) is 17.8. The van der Waals surface area contributed by atoms with E-state index in [4.69, 9.17) is 10.5 Å². The molecule has 1 aromatic carbocycles. The lowest BCUT2D eigenvalue weighted by molar-refractivity contribution is 0.217. The molecule has 9 nitrogen and oxygen atoms in total. The molecule has 10 heteroatoms. The van der Waals surface area contributed by atoms with Crippen LogP contribution in [0.15, 0.2) is 47.4 Å². The van der Waals surface area contributed by atoms with Gasteiger partial charge in [-0.15, -0.1) is 0 Å². The van der Waals surface area contributed by atoms with Crippen LogP contribution in [-0.2, 0) is 13.5 Å². The molecule has 1 atom stereocenters. The third-order valence-electron chi connectivity index (χ3n) is 5.59. The normalized spacial score (nSPS) is 14.5. The number of fused-ring (bicyclic) bond motifs is 7. The van der Waals surface area contributed by atoms with E-state index < -0.39 is 11.9 Å². The Morgan fingerprint density at radius 2 is 2.12 bits per heavy atom. The van der Waals surface area contributed by atoms with Gasteiger partial charge in [0.05, 0.1) is 28.8 Å². The second kappa shape index (κ2) is 7.56. The summed E-state index contributed by atoms with van der Waals surface area (Å²) in [5.41, 5.74) is 8.87. The summed E-state index contributed by atoms with van der Waals surface area (Å²) in [5.74, 6) is -0.391. The molecule has 33 heavy (non-hydrogen) atoms. The van der Waals surface area contributed by atoms with Crippen LogP contribution in [0.4, 0.5) is 10.2 Å². The Morgan fingerprint density at radius 1 is 1.30 bits per heavy atom. The molecule has 164 valence electrons. The number of nitrogens with zero attached hydrogens (tertiary/aromatic N) is 6. The van der Waals surface area contributed by atoms with Gasteiger partial charge < -0.3 is 10.5 Å². The highest BCUT2D eigenvalue weighted by Gasteiger charge is 2.25. The molecular weight excluding hydrogens is 425 g/mol. The van der Waals surface area contributed by atoms with Crippen molar-refractivity contribution in [3.05, 3.63) is 81.4 Å². The number of nitrogens with two attached hydrogens (primary N) is 1. The molecule has 0 amide bonds. The minimum atomic E-state index is -0.717. The Bertz CT molecular complexity index is 1520. The molecule has 0 radical (unpaired) electrons. The number of pyridine rings is 1. The van der Waals surface area contributed by atoms with Crippen molar-refractivity contribution in [1.29, 1.82) is 5.26 Å². The molecule has 1 aliphatic rings. The van der Waals surface area contributed by atoms with Gasteiger partial charge >= 0.3 is 0 Å². The summed E-state index contributed by atoms with van der Waals surface area (Å²) in [4.78, 5) is 21.7. The molecule has 1 aliphatic heterocycles. The number of hydrogen-bond donors (Lipinski definition) is 1. The number of anilines is 1. The highest BCUT2D eigenvalue weighted by atomic mass is 19.1. The Morgan fingerprint density at radius 3 is 2.91 bits per heavy atom. The lowest BCUT2D eigenvalue weighted by Gasteiger charge is -2.22. The summed E-state index contributed by atoms with van der Waals surface area (Å²) >= 11 is 0. The average Bonchev–Trinajstić information content (AvgIpc) is 3.09. The summed E-state index contributed by atoms with van der Waals surface area (Å²) in [7, 11) is 1.66. The van der Waals surface area contributed by atoms with Crippen LogP contribution in [0.25, 0.3) is 16.9 Å². The standard InChI is InChI=1S/C23H18FN7O2/c1-12-15-8-13(24)6-7-18(15)31-14(4-3-5-20(31)32)9-16-21(19(10-25)30(2)29-16)17-11-27-22(26)23(28-17)33-12/h3-8,11-12H,9H2,1-2H3,(H2,26,27). The van der Waals surface area contributed by atoms with Gasteiger partial charge in [0, 0.05) is 30.8 Å². The fraction of sp³-hybridized carbons (Fsp3) is 0.174. The maximum absolute atomic E-state index is 14.2. The number of hydrogen-bond acceptors (Lipinski definition) is 7. The van der Waals surface area contributed by atoms with Crippen LogP contribution in [0.1, 0.15) is 35.7 Å². The monoisotopic (exact) mass is 443 g/mol. The molecule has 4 heterocycles. The van der Waals surface area contributed by atoms with Gasteiger partial charge in [0.25, 0.3) is 11.4 Å². The number of ether oxygens (including phenoxy) is 1. The Hall–Kier alpha value is -4.52. The third kappa shape index (κ3) is 3.30.